The van der Waals surface area contributed by atoms with E-state index in [9.17, 15) is 0 Å². The van der Waals surface area contributed by atoms with Crippen LogP contribution in [0.3, 0.4) is 0 Å². The van der Waals surface area contributed by atoms with E-state index in [2.05, 4.69) is 33.0 Å². The molecule has 0 spiro atoms. The van der Waals surface area contributed by atoms with E-state index in [0.717, 1.165) is 19.4 Å². The lowest BCUT2D eigenvalue weighted by Gasteiger charge is -2.25. The third-order valence-corrected chi connectivity index (χ3v) is 2.36. The molecule has 1 N–H and O–H groups in total. The first-order valence-corrected chi connectivity index (χ1v) is 6.83. The van der Waals surface area contributed by atoms with Gasteiger partial charge in [0.05, 0.1) is 25.4 Å². The van der Waals surface area contributed by atoms with Crippen LogP contribution in [0.1, 0.15) is 54.4 Å². The Hall–Kier alpha value is -0.120. The van der Waals surface area contributed by atoms with Crippen LogP contribution in [0.2, 0.25) is 0 Å². The molecule has 17 heavy (non-hydrogen) atoms. The van der Waals surface area contributed by atoms with Crippen LogP contribution in [0, 0.1) is 0 Å². The molecule has 0 heterocycles. The molecule has 0 aliphatic heterocycles. The average molecular weight is 245 g/mol. The summed E-state index contributed by atoms with van der Waals surface area (Å²) < 4.78 is 11.3. The van der Waals surface area contributed by atoms with Gasteiger partial charge in [-0.3, -0.25) is 0 Å². The number of ether oxygens (including phenoxy) is 2. The van der Waals surface area contributed by atoms with Crippen LogP contribution < -0.4 is 5.32 Å². The van der Waals surface area contributed by atoms with Crippen molar-refractivity contribution in [1.29, 1.82) is 0 Å². The summed E-state index contributed by atoms with van der Waals surface area (Å²) in [6.07, 6.45) is 2.85. The van der Waals surface area contributed by atoms with Crippen molar-refractivity contribution in [2.45, 2.75) is 72.1 Å². The highest BCUT2D eigenvalue weighted by Crippen LogP contribution is 2.05. The van der Waals surface area contributed by atoms with Crippen LogP contribution in [-0.4, -0.2) is 37.5 Å². The van der Waals surface area contributed by atoms with Gasteiger partial charge in [0.25, 0.3) is 0 Å². The van der Waals surface area contributed by atoms with Gasteiger partial charge in [0.15, 0.2) is 0 Å². The van der Waals surface area contributed by atoms with Crippen molar-refractivity contribution < 1.29 is 9.47 Å². The van der Waals surface area contributed by atoms with Gasteiger partial charge in [-0.05, 0) is 41.0 Å². The fraction of sp³-hybridized carbons (Fsp3) is 1.00. The summed E-state index contributed by atoms with van der Waals surface area (Å²) in [5.41, 5.74) is 0.157. The highest BCUT2D eigenvalue weighted by Gasteiger charge is 2.13. The summed E-state index contributed by atoms with van der Waals surface area (Å²) >= 11 is 0. The monoisotopic (exact) mass is 245 g/mol. The molecule has 0 saturated heterocycles. The highest BCUT2D eigenvalue weighted by atomic mass is 16.5. The van der Waals surface area contributed by atoms with Crippen molar-refractivity contribution in [3.8, 4) is 0 Å². The Labute approximate surface area is 107 Å². The average Bonchev–Trinajstić information content (AvgIpc) is 2.19. The van der Waals surface area contributed by atoms with E-state index in [1.165, 1.54) is 0 Å². The molecule has 0 aliphatic carbocycles. The molecule has 0 fully saturated rings. The maximum absolute atomic E-state index is 5.84. The van der Waals surface area contributed by atoms with Crippen LogP contribution in [-0.2, 0) is 9.47 Å². The molecule has 0 radical (unpaired) electrons. The fourth-order valence-corrected chi connectivity index (χ4v) is 1.48. The van der Waals surface area contributed by atoms with E-state index < -0.39 is 0 Å². The molecule has 0 amide bonds. The Morgan fingerprint density at radius 3 is 2.12 bits per heavy atom. The van der Waals surface area contributed by atoms with Gasteiger partial charge in [0.2, 0.25) is 0 Å². The van der Waals surface area contributed by atoms with E-state index in [-0.39, 0.29) is 11.6 Å². The summed E-state index contributed by atoms with van der Waals surface area (Å²) in [6, 6.07) is 0. The molecule has 104 valence electrons. The molecule has 1 unspecified atom stereocenters. The topological polar surface area (TPSA) is 30.5 Å². The first-order chi connectivity index (χ1) is 7.85. The second kappa shape index (κ2) is 8.90. The van der Waals surface area contributed by atoms with Crippen LogP contribution in [0.25, 0.3) is 0 Å². The van der Waals surface area contributed by atoms with Gasteiger partial charge in [-0.15, -0.1) is 0 Å². The Morgan fingerprint density at radius 1 is 1.06 bits per heavy atom. The van der Waals surface area contributed by atoms with Crippen molar-refractivity contribution in [3.63, 3.8) is 0 Å². The fourth-order valence-electron chi connectivity index (χ4n) is 1.48. The van der Waals surface area contributed by atoms with Crippen LogP contribution >= 0.6 is 0 Å². The molecule has 0 rings (SSSR count). The molecular weight excluding hydrogens is 214 g/mol. The summed E-state index contributed by atoms with van der Waals surface area (Å²) in [4.78, 5) is 0. The maximum Gasteiger partial charge on any atom is 0.0705 e. The quantitative estimate of drug-likeness (QED) is 0.633. The number of nitrogens with one attached hydrogen (secondary N) is 1. The van der Waals surface area contributed by atoms with E-state index in [0.29, 0.717) is 19.3 Å². The number of rotatable bonds is 9. The minimum atomic E-state index is 0.157. The lowest BCUT2D eigenvalue weighted by atomic mass is 10.1. The van der Waals surface area contributed by atoms with E-state index in [1.807, 2.05) is 13.8 Å². The molecule has 0 aromatic rings. The van der Waals surface area contributed by atoms with E-state index >= 15 is 0 Å². The van der Waals surface area contributed by atoms with Crippen molar-refractivity contribution in [3.05, 3.63) is 0 Å². The van der Waals surface area contributed by atoms with Crippen LogP contribution in [0.15, 0.2) is 0 Å². The predicted octanol–water partition coefficient (Wildman–Crippen LogP) is 2.98. The van der Waals surface area contributed by atoms with E-state index in [4.69, 9.17) is 9.47 Å². The first kappa shape index (κ1) is 16.9. The summed E-state index contributed by atoms with van der Waals surface area (Å²) in [6.45, 7) is 15.1. The molecule has 0 aromatic heterocycles. The second-order valence-electron chi connectivity index (χ2n) is 5.83. The Bertz CT molecular complexity index is 176. The third-order valence-electron chi connectivity index (χ3n) is 2.36. The predicted molar refractivity (Wildman–Crippen MR) is 73.5 cm³/mol. The molecule has 0 aromatic carbocycles. The van der Waals surface area contributed by atoms with Gasteiger partial charge in [-0.25, -0.2) is 0 Å². The molecule has 1 atom stereocenters. The molecular formula is C14H31NO2. The van der Waals surface area contributed by atoms with Crippen molar-refractivity contribution in [1.82, 2.24) is 5.32 Å². The number of hydrogen-bond acceptors (Lipinski definition) is 3. The van der Waals surface area contributed by atoms with Crippen LogP contribution in [0.5, 0.6) is 0 Å². The highest BCUT2D eigenvalue weighted by molar-refractivity contribution is 4.73. The lowest BCUT2D eigenvalue weighted by Crippen LogP contribution is -2.41. The summed E-state index contributed by atoms with van der Waals surface area (Å²) in [5, 5.41) is 3.49. The molecule has 3 heteroatoms. The zero-order valence-corrected chi connectivity index (χ0v) is 12.5. The van der Waals surface area contributed by atoms with Gasteiger partial charge >= 0.3 is 0 Å². The van der Waals surface area contributed by atoms with Crippen molar-refractivity contribution >= 4 is 0 Å². The first-order valence-electron chi connectivity index (χ1n) is 6.83. The largest absolute Gasteiger partial charge is 0.376 e. The normalized spacial score (nSPS) is 14.3. The Morgan fingerprint density at radius 2 is 1.65 bits per heavy atom. The number of hydrogen-bond donors (Lipinski definition) is 1. The Balaban J connectivity index is 3.74. The maximum atomic E-state index is 5.84. The van der Waals surface area contributed by atoms with Crippen molar-refractivity contribution in [2.75, 3.05) is 19.8 Å². The minimum Gasteiger partial charge on any atom is -0.376 e. The lowest BCUT2D eigenvalue weighted by molar-refractivity contribution is -0.0163. The molecule has 3 nitrogen and oxygen atoms in total. The molecule has 0 aliphatic rings. The van der Waals surface area contributed by atoms with Gasteiger partial charge in [-0.2, -0.15) is 0 Å². The third kappa shape index (κ3) is 12.1. The summed E-state index contributed by atoms with van der Waals surface area (Å²) in [7, 11) is 0. The zero-order chi connectivity index (χ0) is 13.3. The molecule has 0 bridgehead atoms. The standard InChI is InChI=1S/C14H31NO2/c1-7-8-13(11-15-14(4,5)6)17-10-9-16-12(2)3/h12-13,15H,7-11H2,1-6H3. The van der Waals surface area contributed by atoms with E-state index in [1.54, 1.807) is 0 Å². The van der Waals surface area contributed by atoms with Crippen LogP contribution in [0.4, 0.5) is 0 Å². The SMILES string of the molecule is CCCC(CNC(C)(C)C)OCCOC(C)C. The smallest absolute Gasteiger partial charge is 0.0705 e. The minimum absolute atomic E-state index is 0.157. The van der Waals surface area contributed by atoms with Gasteiger partial charge < -0.3 is 14.8 Å². The second-order valence-corrected chi connectivity index (χ2v) is 5.83. The molecule has 0 saturated carbocycles. The van der Waals surface area contributed by atoms with Gasteiger partial charge in [-0.1, -0.05) is 13.3 Å². The van der Waals surface area contributed by atoms with Crippen molar-refractivity contribution in [2.24, 2.45) is 0 Å². The summed E-state index contributed by atoms with van der Waals surface area (Å²) in [5.74, 6) is 0. The van der Waals surface area contributed by atoms with Gasteiger partial charge in [0.1, 0.15) is 0 Å². The Kier molecular flexibility index (Phi) is 8.83. The zero-order valence-electron chi connectivity index (χ0n) is 12.5. The van der Waals surface area contributed by atoms with Gasteiger partial charge in [0, 0.05) is 12.1 Å².